The Labute approximate surface area is 194 Å². The number of hydrogen-bond donors (Lipinski definition) is 3. The van der Waals surface area contributed by atoms with Crippen molar-refractivity contribution in [2.75, 3.05) is 63.1 Å². The molecule has 3 amide bonds. The lowest BCUT2D eigenvalue weighted by molar-refractivity contribution is 0.0949. The number of amides is 3. The summed E-state index contributed by atoms with van der Waals surface area (Å²) in [7, 11) is 4.72. The van der Waals surface area contributed by atoms with Gasteiger partial charge in [0, 0.05) is 68.6 Å². The van der Waals surface area contributed by atoms with Gasteiger partial charge in [-0.1, -0.05) is 0 Å². The van der Waals surface area contributed by atoms with Crippen molar-refractivity contribution in [3.8, 4) is 11.5 Å². The predicted molar refractivity (Wildman–Crippen MR) is 129 cm³/mol. The molecule has 1 aliphatic heterocycles. The van der Waals surface area contributed by atoms with Crippen LogP contribution in [0.15, 0.2) is 36.4 Å². The Morgan fingerprint density at radius 2 is 1.58 bits per heavy atom. The summed E-state index contributed by atoms with van der Waals surface area (Å²) in [6, 6.07) is 10.1. The van der Waals surface area contributed by atoms with Crippen molar-refractivity contribution < 1.29 is 23.8 Å². The van der Waals surface area contributed by atoms with Gasteiger partial charge in [-0.05, 0) is 37.5 Å². The van der Waals surface area contributed by atoms with Crippen LogP contribution in [-0.2, 0) is 4.74 Å². The molecule has 0 saturated carbocycles. The lowest BCUT2D eigenvalue weighted by atomic mass is 10.1. The summed E-state index contributed by atoms with van der Waals surface area (Å²) in [6.45, 7) is 2.92. The molecule has 0 aliphatic carbocycles. The normalized spacial score (nSPS) is 12.9. The summed E-state index contributed by atoms with van der Waals surface area (Å²) in [5.41, 5.74) is 2.45. The van der Waals surface area contributed by atoms with Gasteiger partial charge in [-0.15, -0.1) is 0 Å². The van der Waals surface area contributed by atoms with Gasteiger partial charge in [0.15, 0.2) is 0 Å². The number of nitrogens with one attached hydrogen (secondary N) is 3. The SMILES string of the molecule is COCCCNC(=O)c1cc(NC(=O)Nc2cc(OC)cc(OC)c2)ccc1N1CCCC1. The smallest absolute Gasteiger partial charge is 0.323 e. The number of methoxy groups -OCH3 is 3. The highest BCUT2D eigenvalue weighted by atomic mass is 16.5. The average molecular weight is 457 g/mol. The fraction of sp³-hybridized carbons (Fsp3) is 0.417. The van der Waals surface area contributed by atoms with Crippen molar-refractivity contribution in [1.29, 1.82) is 0 Å². The van der Waals surface area contributed by atoms with Crippen molar-refractivity contribution in [2.45, 2.75) is 19.3 Å². The molecule has 9 heteroatoms. The molecule has 0 radical (unpaired) electrons. The lowest BCUT2D eigenvalue weighted by Gasteiger charge is -2.22. The van der Waals surface area contributed by atoms with Crippen molar-refractivity contribution in [1.82, 2.24) is 5.32 Å². The molecule has 1 heterocycles. The van der Waals surface area contributed by atoms with Crippen LogP contribution in [0.3, 0.4) is 0 Å². The Hall–Kier alpha value is -3.46. The quantitative estimate of drug-likeness (QED) is 0.471. The number of rotatable bonds is 10. The van der Waals surface area contributed by atoms with Gasteiger partial charge < -0.3 is 35.1 Å². The van der Waals surface area contributed by atoms with Crippen LogP contribution in [0, 0.1) is 0 Å². The highest BCUT2D eigenvalue weighted by Crippen LogP contribution is 2.28. The molecule has 0 aromatic heterocycles. The highest BCUT2D eigenvalue weighted by Gasteiger charge is 2.20. The molecule has 0 atom stereocenters. The molecule has 2 aromatic rings. The van der Waals surface area contributed by atoms with E-state index in [4.69, 9.17) is 14.2 Å². The Balaban J connectivity index is 1.74. The van der Waals surface area contributed by atoms with Crippen LogP contribution in [0.4, 0.5) is 21.9 Å². The van der Waals surface area contributed by atoms with Crippen LogP contribution in [-0.4, -0.2) is 59.5 Å². The number of urea groups is 1. The second kappa shape index (κ2) is 12.0. The number of hydrogen-bond acceptors (Lipinski definition) is 6. The lowest BCUT2D eigenvalue weighted by Crippen LogP contribution is -2.29. The monoisotopic (exact) mass is 456 g/mol. The molecule has 3 N–H and O–H groups in total. The second-order valence-electron chi connectivity index (χ2n) is 7.71. The molecular weight excluding hydrogens is 424 g/mol. The summed E-state index contributed by atoms with van der Waals surface area (Å²) in [4.78, 5) is 27.7. The first-order chi connectivity index (χ1) is 16.0. The highest BCUT2D eigenvalue weighted by molar-refractivity contribution is 6.04. The molecule has 0 spiro atoms. The molecule has 1 aliphatic rings. The van der Waals surface area contributed by atoms with Crippen LogP contribution in [0.5, 0.6) is 11.5 Å². The Kier molecular flexibility index (Phi) is 8.77. The zero-order chi connectivity index (χ0) is 23.6. The molecule has 0 unspecified atom stereocenters. The van der Waals surface area contributed by atoms with Crippen molar-refractivity contribution in [2.24, 2.45) is 0 Å². The number of carbonyl (C=O) groups is 2. The molecule has 3 rings (SSSR count). The second-order valence-corrected chi connectivity index (χ2v) is 7.71. The first kappa shape index (κ1) is 24.2. The molecule has 1 saturated heterocycles. The van der Waals surface area contributed by atoms with Crippen LogP contribution < -0.4 is 30.3 Å². The molecule has 33 heavy (non-hydrogen) atoms. The van der Waals surface area contributed by atoms with E-state index in [1.54, 1.807) is 51.7 Å². The first-order valence-corrected chi connectivity index (χ1v) is 11.0. The maximum absolute atomic E-state index is 12.9. The van der Waals surface area contributed by atoms with E-state index >= 15 is 0 Å². The van der Waals surface area contributed by atoms with Gasteiger partial charge in [0.25, 0.3) is 5.91 Å². The maximum Gasteiger partial charge on any atom is 0.323 e. The van der Waals surface area contributed by atoms with E-state index in [1.165, 1.54) is 0 Å². The van der Waals surface area contributed by atoms with Crippen molar-refractivity contribution in [3.63, 3.8) is 0 Å². The molecule has 178 valence electrons. The summed E-state index contributed by atoms with van der Waals surface area (Å²) < 4.78 is 15.5. The summed E-state index contributed by atoms with van der Waals surface area (Å²) in [5.74, 6) is 0.952. The van der Waals surface area contributed by atoms with Gasteiger partial charge in [0.1, 0.15) is 11.5 Å². The number of anilines is 3. The zero-order valence-corrected chi connectivity index (χ0v) is 19.4. The van der Waals surface area contributed by atoms with E-state index in [2.05, 4.69) is 20.9 Å². The third kappa shape index (κ3) is 6.76. The van der Waals surface area contributed by atoms with Gasteiger partial charge in [-0.3, -0.25) is 4.79 Å². The van der Waals surface area contributed by atoms with Gasteiger partial charge in [-0.25, -0.2) is 4.79 Å². The van der Waals surface area contributed by atoms with Gasteiger partial charge in [0.2, 0.25) is 0 Å². The van der Waals surface area contributed by atoms with Crippen molar-refractivity contribution >= 4 is 29.0 Å². The molecule has 2 aromatic carbocycles. The van der Waals surface area contributed by atoms with Crippen LogP contribution in [0.25, 0.3) is 0 Å². The maximum atomic E-state index is 12.9. The fourth-order valence-electron chi connectivity index (χ4n) is 3.72. The van der Waals surface area contributed by atoms with E-state index < -0.39 is 6.03 Å². The van der Waals surface area contributed by atoms with Crippen molar-refractivity contribution in [3.05, 3.63) is 42.0 Å². The van der Waals surface area contributed by atoms with Crippen LogP contribution >= 0.6 is 0 Å². The summed E-state index contributed by atoms with van der Waals surface area (Å²) in [5, 5.41) is 8.52. The minimum atomic E-state index is -0.439. The predicted octanol–water partition coefficient (Wildman–Crippen LogP) is 3.71. The largest absolute Gasteiger partial charge is 0.497 e. The summed E-state index contributed by atoms with van der Waals surface area (Å²) in [6.07, 6.45) is 2.92. The Morgan fingerprint density at radius 3 is 2.21 bits per heavy atom. The molecular formula is C24H32N4O5. The molecule has 0 bridgehead atoms. The minimum absolute atomic E-state index is 0.172. The number of ether oxygens (including phenoxy) is 3. The van der Waals surface area contributed by atoms with E-state index in [1.807, 2.05) is 6.07 Å². The third-order valence-corrected chi connectivity index (χ3v) is 5.37. The Bertz CT molecular complexity index is 938. The van der Waals surface area contributed by atoms with Gasteiger partial charge in [0.05, 0.1) is 19.8 Å². The third-order valence-electron chi connectivity index (χ3n) is 5.37. The van der Waals surface area contributed by atoms with Gasteiger partial charge >= 0.3 is 6.03 Å². The standard InChI is InChI=1S/C24H32N4O5/c1-31-12-6-9-25-23(29)21-15-17(7-8-22(21)28-10-4-5-11-28)26-24(30)27-18-13-19(32-2)16-20(14-18)33-3/h7-8,13-16H,4-6,9-12H2,1-3H3,(H,25,29)(H2,26,27,30). The van der Waals surface area contributed by atoms with E-state index in [0.717, 1.165) is 38.0 Å². The van der Waals surface area contributed by atoms with Crippen LogP contribution in [0.2, 0.25) is 0 Å². The Morgan fingerprint density at radius 1 is 0.909 bits per heavy atom. The van der Waals surface area contributed by atoms with Crippen LogP contribution in [0.1, 0.15) is 29.6 Å². The van der Waals surface area contributed by atoms with Gasteiger partial charge in [-0.2, -0.15) is 0 Å². The van der Waals surface area contributed by atoms with E-state index in [0.29, 0.717) is 41.6 Å². The minimum Gasteiger partial charge on any atom is -0.497 e. The topological polar surface area (TPSA) is 101 Å². The number of carbonyl (C=O) groups excluding carboxylic acids is 2. The molecule has 1 fully saturated rings. The first-order valence-electron chi connectivity index (χ1n) is 11.0. The van der Waals surface area contributed by atoms with E-state index in [-0.39, 0.29) is 5.91 Å². The fourth-order valence-corrected chi connectivity index (χ4v) is 3.72. The number of benzene rings is 2. The average Bonchev–Trinajstić information content (AvgIpc) is 3.36. The number of nitrogens with zero attached hydrogens (tertiary/aromatic N) is 1. The molecule has 9 nitrogen and oxygen atoms in total. The summed E-state index contributed by atoms with van der Waals surface area (Å²) >= 11 is 0. The van der Waals surface area contributed by atoms with E-state index in [9.17, 15) is 9.59 Å². The zero-order valence-electron chi connectivity index (χ0n) is 19.4.